The number of carbonyl (C=O) groups is 2. The first kappa shape index (κ1) is 24.6. The lowest BCUT2D eigenvalue weighted by Gasteiger charge is -2.16. The molecule has 2 aliphatic rings. The Bertz CT molecular complexity index is 1400. The highest BCUT2D eigenvalue weighted by molar-refractivity contribution is 6.01. The number of carbonyl (C=O) groups excluding carboxylic acids is 2. The second kappa shape index (κ2) is 9.42. The number of ketones is 1. The van der Waals surface area contributed by atoms with Gasteiger partial charge in [-0.15, -0.1) is 0 Å². The zero-order chi connectivity index (χ0) is 26.2. The molecule has 0 radical (unpaired) electrons. The molecule has 2 N–H and O–H groups in total. The summed E-state index contributed by atoms with van der Waals surface area (Å²) < 4.78 is 52.9. The Morgan fingerprint density at radius 3 is 2.54 bits per heavy atom. The van der Waals surface area contributed by atoms with Gasteiger partial charge in [0.25, 0.3) is 0 Å². The molecule has 10 heteroatoms. The minimum atomic E-state index is -4.73. The quantitative estimate of drug-likeness (QED) is 0.304. The van der Waals surface area contributed by atoms with E-state index in [9.17, 15) is 27.2 Å². The fourth-order valence-electron chi connectivity index (χ4n) is 4.30. The van der Waals surface area contributed by atoms with Crippen molar-refractivity contribution < 1.29 is 27.2 Å². The Morgan fingerprint density at radius 2 is 1.84 bits per heavy atom. The Balaban J connectivity index is 1.18. The molecule has 0 saturated heterocycles. The molecule has 1 fully saturated rings. The van der Waals surface area contributed by atoms with Gasteiger partial charge in [-0.1, -0.05) is 12.2 Å². The summed E-state index contributed by atoms with van der Waals surface area (Å²) in [5.41, 5.74) is 0.945. The molecular weight excluding hydrogens is 488 g/mol. The number of fused-ring (bicyclic) bond motifs is 1. The zero-order valence-corrected chi connectivity index (χ0v) is 19.5. The van der Waals surface area contributed by atoms with E-state index in [1.54, 1.807) is 12.3 Å². The lowest BCUT2D eigenvalue weighted by atomic mass is 9.94. The van der Waals surface area contributed by atoms with Crippen molar-refractivity contribution in [1.29, 1.82) is 0 Å². The van der Waals surface area contributed by atoms with Gasteiger partial charge < -0.3 is 10.6 Å². The van der Waals surface area contributed by atoms with Crippen molar-refractivity contribution in [2.45, 2.75) is 38.4 Å². The number of nitrogens with zero attached hydrogens (tertiary/aromatic N) is 2. The maximum atomic E-state index is 13.3. The van der Waals surface area contributed by atoms with Crippen LogP contribution in [0.2, 0.25) is 0 Å². The number of hydrogen-bond acceptors (Lipinski definition) is 5. The van der Waals surface area contributed by atoms with E-state index in [0.717, 1.165) is 29.8 Å². The normalized spacial score (nSPS) is 15.2. The number of Topliss-reactive ketones (excluding diaryl/α,β-unsaturated/α-hetero) is 1. The van der Waals surface area contributed by atoms with E-state index in [4.69, 9.17) is 0 Å². The molecule has 0 unspecified atom stereocenters. The highest BCUT2D eigenvalue weighted by Gasteiger charge is 2.51. The maximum Gasteiger partial charge on any atom is 0.418 e. The number of anilines is 2. The summed E-state index contributed by atoms with van der Waals surface area (Å²) >= 11 is 0. The molecule has 0 bridgehead atoms. The van der Waals surface area contributed by atoms with E-state index in [1.165, 1.54) is 12.3 Å². The number of amides is 1. The third-order valence-corrected chi connectivity index (χ3v) is 6.59. The summed E-state index contributed by atoms with van der Waals surface area (Å²) in [5, 5.41) is 5.42. The van der Waals surface area contributed by atoms with Gasteiger partial charge in [-0.2, -0.15) is 13.2 Å². The minimum absolute atomic E-state index is 0.0957. The number of benzene rings is 1. The molecule has 190 valence electrons. The molecule has 2 aliphatic carbocycles. The fraction of sp³-hybridized carbons (Fsp3) is 0.259. The topological polar surface area (TPSA) is 84.0 Å². The fourth-order valence-corrected chi connectivity index (χ4v) is 4.30. The summed E-state index contributed by atoms with van der Waals surface area (Å²) in [6.07, 6.45) is 4.15. The lowest BCUT2D eigenvalue weighted by Crippen LogP contribution is -2.33. The van der Waals surface area contributed by atoms with Crippen LogP contribution < -0.4 is 10.6 Å². The van der Waals surface area contributed by atoms with Crippen LogP contribution in [-0.2, 0) is 23.9 Å². The minimum Gasteiger partial charge on any atom is -0.354 e. The van der Waals surface area contributed by atoms with Crippen molar-refractivity contribution in [3.8, 4) is 0 Å². The summed E-state index contributed by atoms with van der Waals surface area (Å²) in [7, 11) is 0. The van der Waals surface area contributed by atoms with Crippen LogP contribution in [0.3, 0.4) is 0 Å². The van der Waals surface area contributed by atoms with Gasteiger partial charge >= 0.3 is 6.18 Å². The monoisotopic (exact) mass is 510 g/mol. The molecule has 0 aliphatic heterocycles. The van der Waals surface area contributed by atoms with Crippen LogP contribution in [0.1, 0.15) is 52.1 Å². The van der Waals surface area contributed by atoms with Crippen molar-refractivity contribution in [3.63, 3.8) is 0 Å². The number of rotatable bonds is 8. The SMILES string of the molecule is O=C(CC1(C(=O)NCc2ccc(Nc3ccc(F)cc3C(F)(F)F)cn2)CC1)c1cnc2c(c1)C=CC2. The molecule has 5 rings (SSSR count). The third kappa shape index (κ3) is 5.37. The van der Waals surface area contributed by atoms with Crippen LogP contribution in [-0.4, -0.2) is 21.7 Å². The van der Waals surface area contributed by atoms with Gasteiger partial charge in [-0.05, 0) is 54.8 Å². The Morgan fingerprint density at radius 1 is 1.03 bits per heavy atom. The number of aromatic nitrogens is 2. The first-order chi connectivity index (χ1) is 17.6. The van der Waals surface area contributed by atoms with Crippen molar-refractivity contribution in [2.75, 3.05) is 5.32 Å². The van der Waals surface area contributed by atoms with E-state index in [1.807, 2.05) is 18.2 Å². The van der Waals surface area contributed by atoms with Crippen LogP contribution in [0.25, 0.3) is 6.08 Å². The van der Waals surface area contributed by atoms with E-state index >= 15 is 0 Å². The average Bonchev–Trinajstić information content (AvgIpc) is 3.49. The summed E-state index contributed by atoms with van der Waals surface area (Å²) in [5.74, 6) is -1.35. The standard InChI is InChI=1S/C27H22F4N4O2/c28-18-4-7-23(21(11-18)27(29,30)31)35-20-6-5-19(32-15-20)14-34-25(37)26(8-9-26)12-24(36)17-10-16-2-1-3-22(16)33-13-17/h1-2,4-7,10-11,13,15,35H,3,8-9,12,14H2,(H,34,37). The second-order valence-electron chi connectivity index (χ2n) is 9.28. The molecule has 1 saturated carbocycles. The van der Waals surface area contributed by atoms with Crippen molar-refractivity contribution >= 4 is 29.1 Å². The van der Waals surface area contributed by atoms with Crippen LogP contribution in [0.4, 0.5) is 28.9 Å². The molecular formula is C27H22F4N4O2. The van der Waals surface area contributed by atoms with Gasteiger partial charge in [0.05, 0.1) is 46.5 Å². The Kier molecular flexibility index (Phi) is 6.26. The van der Waals surface area contributed by atoms with E-state index < -0.39 is 23.0 Å². The van der Waals surface area contributed by atoms with Crippen molar-refractivity contribution in [2.24, 2.45) is 5.41 Å². The maximum absolute atomic E-state index is 13.3. The summed E-state index contributed by atoms with van der Waals surface area (Å²) in [6, 6.07) is 7.27. The van der Waals surface area contributed by atoms with Crippen LogP contribution in [0.5, 0.6) is 0 Å². The molecule has 2 aromatic heterocycles. The Labute approximate surface area is 209 Å². The third-order valence-electron chi connectivity index (χ3n) is 6.59. The van der Waals surface area contributed by atoms with Gasteiger partial charge in [0, 0.05) is 24.6 Å². The summed E-state index contributed by atoms with van der Waals surface area (Å²) in [4.78, 5) is 34.2. The van der Waals surface area contributed by atoms with E-state index in [-0.39, 0.29) is 36.0 Å². The smallest absolute Gasteiger partial charge is 0.354 e. The first-order valence-electron chi connectivity index (χ1n) is 11.7. The predicted octanol–water partition coefficient (Wildman–Crippen LogP) is 5.62. The van der Waals surface area contributed by atoms with Crippen LogP contribution in [0, 0.1) is 11.2 Å². The van der Waals surface area contributed by atoms with Crippen molar-refractivity contribution in [3.05, 3.63) is 88.8 Å². The highest BCUT2D eigenvalue weighted by atomic mass is 19.4. The Hall–Kier alpha value is -4.08. The number of pyridine rings is 2. The van der Waals surface area contributed by atoms with E-state index in [0.29, 0.717) is 30.2 Å². The molecule has 0 spiro atoms. The second-order valence-corrected chi connectivity index (χ2v) is 9.28. The molecule has 1 aromatic carbocycles. The highest BCUT2D eigenvalue weighted by Crippen LogP contribution is 2.49. The molecule has 37 heavy (non-hydrogen) atoms. The van der Waals surface area contributed by atoms with Gasteiger partial charge in [0.15, 0.2) is 5.78 Å². The first-order valence-corrected chi connectivity index (χ1v) is 11.7. The number of alkyl halides is 3. The number of nitrogens with one attached hydrogen (secondary N) is 2. The molecule has 6 nitrogen and oxygen atoms in total. The van der Waals surface area contributed by atoms with Gasteiger partial charge in [0.1, 0.15) is 5.82 Å². The average molecular weight is 510 g/mol. The van der Waals surface area contributed by atoms with Crippen LogP contribution in [0.15, 0.2) is 54.9 Å². The summed E-state index contributed by atoms with van der Waals surface area (Å²) in [6.45, 7) is 0.102. The zero-order valence-electron chi connectivity index (χ0n) is 19.5. The largest absolute Gasteiger partial charge is 0.418 e. The molecule has 1 amide bonds. The molecule has 2 heterocycles. The lowest BCUT2D eigenvalue weighted by molar-refractivity contribution is -0.137. The number of allylic oxidation sites excluding steroid dienone is 1. The van der Waals surface area contributed by atoms with Gasteiger partial charge in [-0.25, -0.2) is 4.39 Å². The number of halogens is 4. The molecule has 0 atom stereocenters. The number of hydrogen-bond donors (Lipinski definition) is 2. The molecule has 3 aromatic rings. The van der Waals surface area contributed by atoms with Gasteiger partial charge in [0.2, 0.25) is 5.91 Å². The van der Waals surface area contributed by atoms with Crippen molar-refractivity contribution in [1.82, 2.24) is 15.3 Å². The van der Waals surface area contributed by atoms with E-state index in [2.05, 4.69) is 20.6 Å². The van der Waals surface area contributed by atoms with Gasteiger partial charge in [-0.3, -0.25) is 19.6 Å². The predicted molar refractivity (Wildman–Crippen MR) is 128 cm³/mol. The van der Waals surface area contributed by atoms with Crippen LogP contribution >= 0.6 is 0 Å².